The number of nitrogens with zero attached hydrogens (tertiary/aromatic N) is 2. The van der Waals surface area contributed by atoms with Crippen LogP contribution in [0.2, 0.25) is 0 Å². The molecular weight excluding hydrogens is 246 g/mol. The summed E-state index contributed by atoms with van der Waals surface area (Å²) in [7, 11) is 3.49. The Balaban J connectivity index is 2.18. The third-order valence-electron chi connectivity index (χ3n) is 2.52. The Morgan fingerprint density at radius 3 is 2.89 bits per heavy atom. The van der Waals surface area contributed by atoms with Crippen LogP contribution in [0.5, 0.6) is 0 Å². The number of carbonyl (C=O) groups is 1. The molecule has 2 N–H and O–H groups in total. The minimum Gasteiger partial charge on any atom is -0.399 e. The zero-order valence-corrected chi connectivity index (χ0v) is 11.2. The topological polar surface area (TPSA) is 59.2 Å². The number of nitrogen functional groups attached to an aromatic ring is 1. The van der Waals surface area contributed by atoms with E-state index in [0.717, 1.165) is 16.3 Å². The minimum atomic E-state index is 0.0550. The van der Waals surface area contributed by atoms with Gasteiger partial charge in [-0.05, 0) is 12.1 Å². The molecule has 94 valence electrons. The largest absolute Gasteiger partial charge is 0.399 e. The predicted molar refractivity (Wildman–Crippen MR) is 74.4 cm³/mol. The molecule has 2 rings (SSSR count). The van der Waals surface area contributed by atoms with Crippen LogP contribution in [0.15, 0.2) is 29.6 Å². The van der Waals surface area contributed by atoms with Gasteiger partial charge in [0.2, 0.25) is 5.91 Å². The molecule has 0 aliphatic heterocycles. The Kier molecular flexibility index (Phi) is 3.62. The molecule has 18 heavy (non-hydrogen) atoms. The van der Waals surface area contributed by atoms with Crippen LogP contribution in [0.4, 0.5) is 5.69 Å². The molecule has 0 unspecified atom stereocenters. The van der Waals surface area contributed by atoms with Crippen molar-refractivity contribution in [2.75, 3.05) is 19.8 Å². The van der Waals surface area contributed by atoms with Crippen molar-refractivity contribution in [1.82, 2.24) is 9.88 Å². The fourth-order valence-electron chi connectivity index (χ4n) is 1.51. The zero-order valence-electron chi connectivity index (χ0n) is 10.4. The summed E-state index contributed by atoms with van der Waals surface area (Å²) in [5.41, 5.74) is 8.25. The van der Waals surface area contributed by atoms with Crippen molar-refractivity contribution < 1.29 is 4.79 Å². The van der Waals surface area contributed by atoms with Gasteiger partial charge < -0.3 is 10.6 Å². The smallest absolute Gasteiger partial charge is 0.228 e. The Bertz CT molecular complexity index is 563. The predicted octanol–water partition coefficient (Wildman–Crippen LogP) is 2.02. The molecule has 5 heteroatoms. The molecule has 2 aromatic rings. The van der Waals surface area contributed by atoms with Crippen LogP contribution in [-0.2, 0) is 11.2 Å². The van der Waals surface area contributed by atoms with Gasteiger partial charge in [0.15, 0.2) is 0 Å². The number of hydrogen-bond acceptors (Lipinski definition) is 4. The van der Waals surface area contributed by atoms with E-state index in [9.17, 15) is 4.79 Å². The average Bonchev–Trinajstić information content (AvgIpc) is 2.77. The maximum Gasteiger partial charge on any atom is 0.228 e. The van der Waals surface area contributed by atoms with E-state index in [1.54, 1.807) is 19.0 Å². The van der Waals surface area contributed by atoms with E-state index in [1.165, 1.54) is 11.3 Å². The third-order valence-corrected chi connectivity index (χ3v) is 3.46. The van der Waals surface area contributed by atoms with Crippen LogP contribution in [0, 0.1) is 0 Å². The van der Waals surface area contributed by atoms with Crippen molar-refractivity contribution in [2.45, 2.75) is 6.42 Å². The summed E-state index contributed by atoms with van der Waals surface area (Å²) in [6, 6.07) is 7.59. The fraction of sp³-hybridized carbons (Fsp3) is 0.231. The van der Waals surface area contributed by atoms with Crippen LogP contribution in [0.25, 0.3) is 10.6 Å². The fourth-order valence-corrected chi connectivity index (χ4v) is 2.32. The van der Waals surface area contributed by atoms with Crippen molar-refractivity contribution in [1.29, 1.82) is 0 Å². The highest BCUT2D eigenvalue weighted by molar-refractivity contribution is 7.13. The van der Waals surface area contributed by atoms with Crippen molar-refractivity contribution in [2.24, 2.45) is 0 Å². The van der Waals surface area contributed by atoms with E-state index in [0.29, 0.717) is 12.1 Å². The van der Waals surface area contributed by atoms with E-state index >= 15 is 0 Å². The number of amides is 1. The molecule has 4 nitrogen and oxygen atoms in total. The molecule has 1 amide bonds. The maximum atomic E-state index is 11.6. The standard InChI is InChI=1S/C13H15N3OS/c1-16(2)12(17)7-11-8-18-13(15-11)9-4-3-5-10(14)6-9/h3-6,8H,7,14H2,1-2H3. The minimum absolute atomic E-state index is 0.0550. The number of rotatable bonds is 3. The van der Waals surface area contributed by atoms with Gasteiger partial charge in [0, 0.05) is 30.7 Å². The van der Waals surface area contributed by atoms with Gasteiger partial charge in [0.25, 0.3) is 0 Å². The molecule has 1 heterocycles. The number of aromatic nitrogens is 1. The Hall–Kier alpha value is -1.88. The van der Waals surface area contributed by atoms with Crippen molar-refractivity contribution >= 4 is 22.9 Å². The highest BCUT2D eigenvalue weighted by Gasteiger charge is 2.10. The molecule has 0 aliphatic rings. The molecular formula is C13H15N3OS. The van der Waals surface area contributed by atoms with Crippen molar-refractivity contribution in [3.63, 3.8) is 0 Å². The van der Waals surface area contributed by atoms with E-state index in [-0.39, 0.29) is 5.91 Å². The van der Waals surface area contributed by atoms with Gasteiger partial charge in [-0.3, -0.25) is 4.79 Å². The maximum absolute atomic E-state index is 11.6. The molecule has 0 radical (unpaired) electrons. The Morgan fingerprint density at radius 1 is 1.44 bits per heavy atom. The lowest BCUT2D eigenvalue weighted by Gasteiger charge is -2.07. The lowest BCUT2D eigenvalue weighted by atomic mass is 10.2. The summed E-state index contributed by atoms with van der Waals surface area (Å²) < 4.78 is 0. The van der Waals surface area contributed by atoms with Crippen LogP contribution in [0.1, 0.15) is 5.69 Å². The van der Waals surface area contributed by atoms with E-state index in [4.69, 9.17) is 5.73 Å². The highest BCUT2D eigenvalue weighted by atomic mass is 32.1. The SMILES string of the molecule is CN(C)C(=O)Cc1csc(-c2cccc(N)c2)n1. The highest BCUT2D eigenvalue weighted by Crippen LogP contribution is 2.25. The van der Waals surface area contributed by atoms with Gasteiger partial charge >= 0.3 is 0 Å². The number of thiazole rings is 1. The summed E-state index contributed by atoms with van der Waals surface area (Å²) in [6.07, 6.45) is 0.339. The molecule has 0 saturated carbocycles. The summed E-state index contributed by atoms with van der Waals surface area (Å²) in [4.78, 5) is 17.6. The van der Waals surface area contributed by atoms with Crippen molar-refractivity contribution in [3.8, 4) is 10.6 Å². The number of carbonyl (C=O) groups excluding carboxylic acids is 1. The molecule has 1 aromatic carbocycles. The monoisotopic (exact) mass is 261 g/mol. The molecule has 0 spiro atoms. The Labute approximate surface area is 110 Å². The molecule has 0 atom stereocenters. The molecule has 0 saturated heterocycles. The number of benzene rings is 1. The Morgan fingerprint density at radius 2 is 2.22 bits per heavy atom. The summed E-state index contributed by atoms with van der Waals surface area (Å²) >= 11 is 1.53. The lowest BCUT2D eigenvalue weighted by Crippen LogP contribution is -2.23. The first-order valence-corrected chi connectivity index (χ1v) is 6.44. The molecule has 0 bridgehead atoms. The van der Waals surface area contributed by atoms with E-state index in [2.05, 4.69) is 4.98 Å². The first-order chi connectivity index (χ1) is 8.56. The van der Waals surface area contributed by atoms with Gasteiger partial charge in [-0.25, -0.2) is 4.98 Å². The van der Waals surface area contributed by atoms with Crippen LogP contribution < -0.4 is 5.73 Å². The van der Waals surface area contributed by atoms with Gasteiger partial charge in [-0.2, -0.15) is 0 Å². The normalized spacial score (nSPS) is 10.3. The van der Waals surface area contributed by atoms with Gasteiger partial charge in [0.1, 0.15) is 5.01 Å². The van der Waals surface area contributed by atoms with Gasteiger partial charge in [-0.1, -0.05) is 12.1 Å². The number of hydrogen-bond donors (Lipinski definition) is 1. The van der Waals surface area contributed by atoms with Crippen LogP contribution in [0.3, 0.4) is 0 Å². The average molecular weight is 261 g/mol. The molecule has 1 aromatic heterocycles. The van der Waals surface area contributed by atoms with Crippen LogP contribution in [-0.4, -0.2) is 29.9 Å². The summed E-state index contributed by atoms with van der Waals surface area (Å²) in [6.45, 7) is 0. The van der Waals surface area contributed by atoms with Crippen LogP contribution >= 0.6 is 11.3 Å². The first-order valence-electron chi connectivity index (χ1n) is 5.57. The van der Waals surface area contributed by atoms with E-state index in [1.807, 2.05) is 29.6 Å². The van der Waals surface area contributed by atoms with E-state index < -0.39 is 0 Å². The molecule has 0 fully saturated rings. The summed E-state index contributed by atoms with van der Waals surface area (Å²) in [5, 5.41) is 2.81. The quantitative estimate of drug-likeness (QED) is 0.860. The number of anilines is 1. The molecule has 0 aliphatic carbocycles. The second-order valence-corrected chi connectivity index (χ2v) is 5.09. The second kappa shape index (κ2) is 5.18. The number of nitrogens with two attached hydrogens (primary N) is 1. The number of likely N-dealkylation sites (N-methyl/N-ethyl adjacent to an activating group) is 1. The lowest BCUT2D eigenvalue weighted by molar-refractivity contribution is -0.128. The summed E-state index contributed by atoms with van der Waals surface area (Å²) in [5.74, 6) is 0.0550. The zero-order chi connectivity index (χ0) is 13.1. The second-order valence-electron chi connectivity index (χ2n) is 4.23. The van der Waals surface area contributed by atoms with Crippen molar-refractivity contribution in [3.05, 3.63) is 35.3 Å². The third kappa shape index (κ3) is 2.87. The first kappa shape index (κ1) is 12.6. The van der Waals surface area contributed by atoms with Gasteiger partial charge in [-0.15, -0.1) is 11.3 Å². The van der Waals surface area contributed by atoms with Gasteiger partial charge in [0.05, 0.1) is 12.1 Å².